The van der Waals surface area contributed by atoms with Gasteiger partial charge in [-0.2, -0.15) is 0 Å². The summed E-state index contributed by atoms with van der Waals surface area (Å²) >= 11 is 0. The Balaban J connectivity index is 0.000000579. The number of hydrogen-bond donors (Lipinski definition) is 0. The number of benzene rings is 1. The summed E-state index contributed by atoms with van der Waals surface area (Å²) in [6.45, 7) is 20.0. The quantitative estimate of drug-likeness (QED) is 0.178. The van der Waals surface area contributed by atoms with Crippen LogP contribution in [-0.4, -0.2) is 38.3 Å². The van der Waals surface area contributed by atoms with E-state index in [1.807, 2.05) is 6.07 Å². The van der Waals surface area contributed by atoms with Crippen molar-refractivity contribution in [3.05, 3.63) is 29.8 Å². The van der Waals surface area contributed by atoms with Crippen LogP contribution in [0.5, 0.6) is 0 Å². The molecule has 0 atom stereocenters. The fraction of sp³-hybridized carbons (Fsp3) is 0.731. The normalized spacial score (nSPS) is 13.0. The number of nitrogens with zero attached hydrogens (tertiary/aromatic N) is 2. The van der Waals surface area contributed by atoms with E-state index in [4.69, 9.17) is 5.26 Å². The summed E-state index contributed by atoms with van der Waals surface area (Å²) in [7, 11) is -3.38. The van der Waals surface area contributed by atoms with Gasteiger partial charge in [0, 0.05) is 0 Å². The van der Waals surface area contributed by atoms with E-state index in [9.17, 15) is 4.11 Å². The van der Waals surface area contributed by atoms with Crippen molar-refractivity contribution in [2.45, 2.75) is 98.7 Å². The van der Waals surface area contributed by atoms with Crippen molar-refractivity contribution in [3.63, 3.8) is 0 Å². The van der Waals surface area contributed by atoms with Crippen LogP contribution in [0.15, 0.2) is 24.3 Å². The molecule has 30 heavy (non-hydrogen) atoms. The summed E-state index contributed by atoms with van der Waals surface area (Å²) in [5, 5.41) is 9.30. The van der Waals surface area contributed by atoms with Gasteiger partial charge in [-0.3, -0.25) is 0 Å². The number of unbranched alkanes of at least 4 members (excludes halogenated alkanes) is 4. The molecule has 1 aromatic rings. The van der Waals surface area contributed by atoms with Crippen molar-refractivity contribution < 1.29 is 8.59 Å². The van der Waals surface area contributed by atoms with Gasteiger partial charge in [0.15, 0.2) is 0 Å². The van der Waals surface area contributed by atoms with E-state index >= 15 is 0 Å². The van der Waals surface area contributed by atoms with Crippen LogP contribution in [0.2, 0.25) is 19.6 Å². The van der Waals surface area contributed by atoms with Crippen molar-refractivity contribution >= 4 is 12.9 Å². The fourth-order valence-electron chi connectivity index (χ4n) is 3.75. The average Bonchev–Trinajstić information content (AvgIpc) is 2.72. The van der Waals surface area contributed by atoms with E-state index < -0.39 is 7.68 Å². The summed E-state index contributed by atoms with van der Waals surface area (Å²) in [6.07, 6.45) is 11.1. The molecule has 0 aromatic heterocycles. The van der Waals surface area contributed by atoms with Crippen molar-refractivity contribution in [1.82, 2.24) is 0 Å². The molecular weight excluding hydrogens is 387 g/mol. The fourth-order valence-corrected chi connectivity index (χ4v) is 5.05. The molecule has 0 saturated carbocycles. The number of quaternary nitrogens is 1. The molecule has 2 nitrogen and oxygen atoms in total. The first kappa shape index (κ1) is 28.8. The predicted octanol–water partition coefficient (Wildman–Crippen LogP) is 7.53. The molecule has 0 unspecified atom stereocenters. The Morgan fingerprint density at radius 3 is 1.30 bits per heavy atom. The van der Waals surface area contributed by atoms with Crippen molar-refractivity contribution in [2.24, 2.45) is 0 Å². The number of nitriles is 1. The zero-order chi connectivity index (χ0) is 23.1. The second kappa shape index (κ2) is 14.0. The molecule has 0 aliphatic carbocycles. The molecule has 0 N–H and O–H groups in total. The predicted molar refractivity (Wildman–Crippen MR) is 135 cm³/mol. The van der Waals surface area contributed by atoms with Gasteiger partial charge in [-0.15, -0.1) is 0 Å². The Kier molecular flexibility index (Phi) is 13.4. The molecule has 0 aliphatic heterocycles. The van der Waals surface area contributed by atoms with Crippen molar-refractivity contribution in [1.29, 1.82) is 5.26 Å². The minimum atomic E-state index is -3.38. The van der Waals surface area contributed by atoms with E-state index in [0.29, 0.717) is 5.56 Å². The van der Waals surface area contributed by atoms with Crippen LogP contribution in [0, 0.1) is 11.3 Å². The monoisotopic (exact) mass is 436 g/mol. The van der Waals surface area contributed by atoms with Gasteiger partial charge in [0.1, 0.15) is 0 Å². The van der Waals surface area contributed by atoms with Gasteiger partial charge < -0.3 is 4.48 Å². The first-order valence-electron chi connectivity index (χ1n) is 12.3. The van der Waals surface area contributed by atoms with Gasteiger partial charge in [0.2, 0.25) is 0 Å². The van der Waals surface area contributed by atoms with E-state index in [-0.39, 0.29) is 0 Å². The van der Waals surface area contributed by atoms with Gasteiger partial charge in [-0.25, -0.2) is 0 Å². The van der Waals surface area contributed by atoms with Crippen molar-refractivity contribution in [2.75, 3.05) is 26.2 Å². The van der Waals surface area contributed by atoms with E-state index in [1.54, 1.807) is 43.9 Å². The third kappa shape index (κ3) is 11.9. The Morgan fingerprint density at radius 2 is 1.07 bits per heavy atom. The summed E-state index contributed by atoms with van der Waals surface area (Å²) in [5.41, 5.74) is 0.577. The number of hydrogen-bond acceptors (Lipinski definition) is 1. The summed E-state index contributed by atoms with van der Waals surface area (Å²) < 4.78 is 15.5. The standard InChI is InChI=1S/C16H36N.C10H13FNSi/c1-5-9-13-17(14-10-6-2,15-11-7-3)16-12-8-4;1-13(2,3,11)10-6-4-9(8-12)5-7-10/h5-16H2,1-4H3;4-7H,1-3H3/q+1;-1. The SMILES string of the molecule is CCCC[N+](CCCC)(CCCC)CCCC.C[Si-](C)(C)(F)c1ccc(C#N)cc1. The van der Waals surface area contributed by atoms with E-state index in [2.05, 4.69) is 27.7 Å². The van der Waals surface area contributed by atoms with Crippen LogP contribution in [0.25, 0.3) is 0 Å². The van der Waals surface area contributed by atoms with E-state index in [0.717, 1.165) is 5.19 Å². The summed E-state index contributed by atoms with van der Waals surface area (Å²) in [6, 6.07) is 8.77. The van der Waals surface area contributed by atoms with Gasteiger partial charge in [0.05, 0.1) is 26.2 Å². The van der Waals surface area contributed by atoms with E-state index in [1.165, 1.54) is 82.0 Å². The second-order valence-electron chi connectivity index (χ2n) is 10.3. The van der Waals surface area contributed by atoms with Gasteiger partial charge in [-0.1, -0.05) is 53.4 Å². The molecule has 0 spiro atoms. The molecule has 174 valence electrons. The van der Waals surface area contributed by atoms with Crippen LogP contribution < -0.4 is 5.19 Å². The zero-order valence-electron chi connectivity index (χ0n) is 21.1. The van der Waals surface area contributed by atoms with Crippen LogP contribution in [0.4, 0.5) is 4.11 Å². The molecule has 0 amide bonds. The third-order valence-electron chi connectivity index (χ3n) is 5.93. The molecule has 4 heteroatoms. The van der Waals surface area contributed by atoms with Gasteiger partial charge >= 0.3 is 77.8 Å². The third-order valence-corrected chi connectivity index (χ3v) is 8.22. The molecule has 1 rings (SSSR count). The average molecular weight is 437 g/mol. The zero-order valence-corrected chi connectivity index (χ0v) is 22.1. The Morgan fingerprint density at radius 1 is 0.733 bits per heavy atom. The van der Waals surface area contributed by atoms with Gasteiger partial charge in [0.25, 0.3) is 0 Å². The van der Waals surface area contributed by atoms with Crippen molar-refractivity contribution in [3.8, 4) is 6.07 Å². The number of halogens is 1. The number of rotatable bonds is 13. The minimum absolute atomic E-state index is 0.577. The Hall–Kier alpha value is -1.18. The molecule has 0 radical (unpaired) electrons. The maximum absolute atomic E-state index is 14.1. The molecule has 0 aliphatic rings. The van der Waals surface area contributed by atoms with Crippen LogP contribution >= 0.6 is 0 Å². The molecule has 0 heterocycles. The molecule has 0 saturated heterocycles. The molecule has 0 fully saturated rings. The van der Waals surface area contributed by atoms with Crippen LogP contribution in [-0.2, 0) is 0 Å². The topological polar surface area (TPSA) is 23.8 Å². The second-order valence-corrected chi connectivity index (χ2v) is 16.7. The summed E-state index contributed by atoms with van der Waals surface area (Å²) in [4.78, 5) is 0. The van der Waals surface area contributed by atoms with Crippen LogP contribution in [0.3, 0.4) is 0 Å². The van der Waals surface area contributed by atoms with Gasteiger partial charge in [-0.05, 0) is 25.7 Å². The Bertz CT molecular complexity index is 564. The Labute approximate surface area is 187 Å². The first-order valence-corrected chi connectivity index (χ1v) is 16.2. The van der Waals surface area contributed by atoms with Crippen LogP contribution in [0.1, 0.15) is 84.6 Å². The first-order chi connectivity index (χ1) is 14.0. The summed E-state index contributed by atoms with van der Waals surface area (Å²) in [5.74, 6) is 0. The maximum atomic E-state index is 14.1. The molecular formula is C26H49FN2Si. The molecule has 1 aromatic carbocycles. The molecule has 0 bridgehead atoms.